The number of rotatable bonds is 8. The summed E-state index contributed by atoms with van der Waals surface area (Å²) in [6.07, 6.45) is 2.03. The monoisotopic (exact) mass is 484 g/mol. The summed E-state index contributed by atoms with van der Waals surface area (Å²) in [7, 11) is -2.72. The molecule has 3 rings (SSSR count). The number of nitriles is 1. The van der Waals surface area contributed by atoms with E-state index in [-0.39, 0.29) is 22.0 Å². The molecule has 1 aromatic heterocycles. The van der Waals surface area contributed by atoms with Gasteiger partial charge in [-0.15, -0.1) is 10.2 Å². The molecule has 0 spiro atoms. The molecule has 0 radical (unpaired) electrons. The van der Waals surface area contributed by atoms with Gasteiger partial charge in [-0.2, -0.15) is 13.7 Å². The maximum Gasteiger partial charge on any atom is 0.339 e. The van der Waals surface area contributed by atoms with E-state index < -0.39 is 16.0 Å². The van der Waals surface area contributed by atoms with E-state index in [2.05, 4.69) is 15.5 Å². The van der Waals surface area contributed by atoms with Gasteiger partial charge in [-0.1, -0.05) is 42.0 Å². The van der Waals surface area contributed by atoms with Crippen LogP contribution in [0.5, 0.6) is 11.5 Å². The minimum atomic E-state index is -4.08. The highest BCUT2D eigenvalue weighted by atomic mass is 32.2. The van der Waals surface area contributed by atoms with Gasteiger partial charge in [0, 0.05) is 0 Å². The van der Waals surface area contributed by atoms with E-state index >= 15 is 0 Å². The van der Waals surface area contributed by atoms with Crippen molar-refractivity contribution in [1.82, 2.24) is 10.2 Å². The zero-order chi connectivity index (χ0) is 24.0. The number of anilines is 1. The van der Waals surface area contributed by atoms with E-state index in [1.807, 2.05) is 19.9 Å². The Hall–Kier alpha value is -3.75. The standard InChI is InChI=1S/C22H20N4O5S2/c1-4-20-25-26-22(32-20)24-21(27)16(13-23)11-15-7-10-18(19(12-15)30-3)31-33(28,29)17-8-5-14(2)6-9-17/h5-12H,4H2,1-3H3,(H,24,26,27). The third-order valence-corrected chi connectivity index (χ3v) is 6.59. The number of aryl methyl sites for hydroxylation is 2. The molecule has 3 aromatic rings. The molecule has 33 heavy (non-hydrogen) atoms. The van der Waals surface area contributed by atoms with Crippen LogP contribution in [0, 0.1) is 18.3 Å². The highest BCUT2D eigenvalue weighted by molar-refractivity contribution is 7.87. The van der Waals surface area contributed by atoms with Crippen molar-refractivity contribution in [2.75, 3.05) is 12.4 Å². The number of nitrogens with one attached hydrogen (secondary N) is 1. The Morgan fingerprint density at radius 3 is 2.52 bits per heavy atom. The lowest BCUT2D eigenvalue weighted by Crippen LogP contribution is -2.13. The number of nitrogens with zero attached hydrogens (tertiary/aromatic N) is 3. The van der Waals surface area contributed by atoms with Gasteiger partial charge < -0.3 is 8.92 Å². The zero-order valence-electron chi connectivity index (χ0n) is 18.0. The third-order valence-electron chi connectivity index (χ3n) is 4.36. The molecule has 0 aliphatic rings. The lowest BCUT2D eigenvalue weighted by atomic mass is 10.1. The normalized spacial score (nSPS) is 11.5. The van der Waals surface area contributed by atoms with Gasteiger partial charge in [-0.3, -0.25) is 10.1 Å². The molecular weight excluding hydrogens is 464 g/mol. The van der Waals surface area contributed by atoms with Gasteiger partial charge in [0.2, 0.25) is 5.13 Å². The molecule has 1 N–H and O–H groups in total. The molecule has 0 atom stereocenters. The first kappa shape index (κ1) is 23.9. The molecule has 2 aromatic carbocycles. The van der Waals surface area contributed by atoms with Crippen LogP contribution in [0.3, 0.4) is 0 Å². The summed E-state index contributed by atoms with van der Waals surface area (Å²) in [5.74, 6) is -0.550. The number of carbonyl (C=O) groups is 1. The molecule has 170 valence electrons. The van der Waals surface area contributed by atoms with Gasteiger partial charge >= 0.3 is 10.1 Å². The minimum absolute atomic E-state index is 0.00506. The molecule has 0 fully saturated rings. The molecule has 0 unspecified atom stereocenters. The fourth-order valence-electron chi connectivity index (χ4n) is 2.64. The number of benzene rings is 2. The number of hydrogen-bond acceptors (Lipinski definition) is 9. The van der Waals surface area contributed by atoms with E-state index in [0.29, 0.717) is 17.1 Å². The van der Waals surface area contributed by atoms with Crippen LogP contribution >= 0.6 is 11.3 Å². The van der Waals surface area contributed by atoms with Crippen molar-refractivity contribution in [2.24, 2.45) is 0 Å². The van der Waals surface area contributed by atoms with E-state index in [1.54, 1.807) is 12.1 Å². The highest BCUT2D eigenvalue weighted by Gasteiger charge is 2.19. The Kier molecular flexibility index (Phi) is 7.42. The minimum Gasteiger partial charge on any atom is -0.493 e. The van der Waals surface area contributed by atoms with Gasteiger partial charge in [0.05, 0.1) is 7.11 Å². The number of amides is 1. The van der Waals surface area contributed by atoms with Crippen LogP contribution in [0.2, 0.25) is 0 Å². The molecule has 0 aliphatic heterocycles. The lowest BCUT2D eigenvalue weighted by molar-refractivity contribution is -0.112. The van der Waals surface area contributed by atoms with Crippen LogP contribution in [0.15, 0.2) is 52.9 Å². The fourth-order valence-corrected chi connectivity index (χ4v) is 4.26. The number of ether oxygens (including phenoxy) is 1. The number of methoxy groups -OCH3 is 1. The summed E-state index contributed by atoms with van der Waals surface area (Å²) in [5, 5.41) is 20.8. The van der Waals surface area contributed by atoms with Crippen molar-refractivity contribution < 1.29 is 22.1 Å². The van der Waals surface area contributed by atoms with Crippen LogP contribution in [0.1, 0.15) is 23.1 Å². The summed E-state index contributed by atoms with van der Waals surface area (Å²) >= 11 is 1.22. The number of hydrogen-bond donors (Lipinski definition) is 1. The third kappa shape index (κ3) is 5.94. The molecule has 11 heteroatoms. The van der Waals surface area contributed by atoms with Crippen molar-refractivity contribution >= 4 is 38.6 Å². The average molecular weight is 485 g/mol. The van der Waals surface area contributed by atoms with Gasteiger partial charge in [-0.25, -0.2) is 0 Å². The molecule has 1 heterocycles. The number of aromatic nitrogens is 2. The van der Waals surface area contributed by atoms with Gasteiger partial charge in [-0.05, 0) is 49.2 Å². The van der Waals surface area contributed by atoms with Crippen molar-refractivity contribution in [1.29, 1.82) is 5.26 Å². The average Bonchev–Trinajstić information content (AvgIpc) is 3.25. The second-order valence-corrected chi connectivity index (χ2v) is 9.35. The summed E-state index contributed by atoms with van der Waals surface area (Å²) in [6.45, 7) is 3.76. The summed E-state index contributed by atoms with van der Waals surface area (Å²) in [4.78, 5) is 12.4. The van der Waals surface area contributed by atoms with E-state index in [9.17, 15) is 18.5 Å². The molecule has 1 amide bonds. The van der Waals surface area contributed by atoms with E-state index in [4.69, 9.17) is 8.92 Å². The fraction of sp³-hybridized carbons (Fsp3) is 0.182. The highest BCUT2D eigenvalue weighted by Crippen LogP contribution is 2.31. The Bertz CT molecular complexity index is 1340. The molecule has 9 nitrogen and oxygen atoms in total. The van der Waals surface area contributed by atoms with Crippen molar-refractivity contribution in [2.45, 2.75) is 25.2 Å². The molecular formula is C22H20N4O5S2. The maximum absolute atomic E-state index is 12.6. The SMILES string of the molecule is CCc1nnc(NC(=O)C(C#N)=Cc2ccc(OS(=O)(=O)c3ccc(C)cc3)c(OC)c2)s1. The van der Waals surface area contributed by atoms with Crippen LogP contribution < -0.4 is 14.2 Å². The van der Waals surface area contributed by atoms with Crippen LogP contribution in [-0.4, -0.2) is 31.6 Å². The second kappa shape index (κ2) is 10.2. The van der Waals surface area contributed by atoms with Gasteiger partial charge in [0.25, 0.3) is 5.91 Å². The maximum atomic E-state index is 12.6. The quantitative estimate of drug-likeness (QED) is 0.291. The van der Waals surface area contributed by atoms with Crippen molar-refractivity contribution in [3.8, 4) is 17.6 Å². The van der Waals surface area contributed by atoms with Gasteiger partial charge in [0.15, 0.2) is 11.5 Å². The van der Waals surface area contributed by atoms with Crippen LogP contribution in [-0.2, 0) is 21.3 Å². The second-order valence-electron chi connectivity index (χ2n) is 6.74. The van der Waals surface area contributed by atoms with E-state index in [0.717, 1.165) is 10.6 Å². The smallest absolute Gasteiger partial charge is 0.339 e. The first-order valence-corrected chi connectivity index (χ1v) is 11.9. The van der Waals surface area contributed by atoms with E-state index in [1.165, 1.54) is 54.9 Å². The first-order chi connectivity index (χ1) is 15.7. The molecule has 0 saturated carbocycles. The predicted molar refractivity (Wildman–Crippen MR) is 123 cm³/mol. The Morgan fingerprint density at radius 1 is 1.18 bits per heavy atom. The van der Waals surface area contributed by atoms with Crippen molar-refractivity contribution in [3.63, 3.8) is 0 Å². The zero-order valence-corrected chi connectivity index (χ0v) is 19.7. The largest absolute Gasteiger partial charge is 0.493 e. The van der Waals surface area contributed by atoms with Crippen LogP contribution in [0.4, 0.5) is 5.13 Å². The Balaban J connectivity index is 1.82. The molecule has 0 saturated heterocycles. The number of carbonyl (C=O) groups excluding carboxylic acids is 1. The summed E-state index contributed by atoms with van der Waals surface area (Å²) in [5.41, 5.74) is 1.17. The Labute approximate surface area is 195 Å². The Morgan fingerprint density at radius 2 is 1.91 bits per heavy atom. The topological polar surface area (TPSA) is 131 Å². The van der Waals surface area contributed by atoms with Gasteiger partial charge in [0.1, 0.15) is 21.5 Å². The lowest BCUT2D eigenvalue weighted by Gasteiger charge is -2.11. The summed E-state index contributed by atoms with van der Waals surface area (Å²) in [6, 6.07) is 12.4. The van der Waals surface area contributed by atoms with Crippen molar-refractivity contribution in [3.05, 3.63) is 64.2 Å². The summed E-state index contributed by atoms with van der Waals surface area (Å²) < 4.78 is 35.7. The van der Waals surface area contributed by atoms with Crippen LogP contribution in [0.25, 0.3) is 6.08 Å². The molecule has 0 bridgehead atoms. The predicted octanol–water partition coefficient (Wildman–Crippen LogP) is 3.73. The first-order valence-electron chi connectivity index (χ1n) is 9.70. The molecule has 0 aliphatic carbocycles.